The maximum Gasteiger partial charge on any atom is 0.260 e. The van der Waals surface area contributed by atoms with E-state index in [1.807, 2.05) is 0 Å². The molecule has 2 N–H and O–H groups in total. The second-order valence-electron chi connectivity index (χ2n) is 4.83. The third-order valence-electron chi connectivity index (χ3n) is 3.16. The average molecular weight is 354 g/mol. The summed E-state index contributed by atoms with van der Waals surface area (Å²) in [5, 5.41) is 2.53. The normalized spacial score (nSPS) is 11.3. The second-order valence-corrected chi connectivity index (χ2v) is 6.84. The van der Waals surface area contributed by atoms with Crippen LogP contribution in [0.4, 0.5) is 5.69 Å². The molecular weight excluding hydrogens is 336 g/mol. The van der Waals surface area contributed by atoms with Crippen molar-refractivity contribution in [1.29, 1.82) is 0 Å². The number of hydrogen-bond acceptors (Lipinski definition) is 6. The summed E-state index contributed by atoms with van der Waals surface area (Å²) < 4.78 is 35.6. The Bertz CT molecular complexity index is 782. The van der Waals surface area contributed by atoms with Crippen molar-refractivity contribution in [3.05, 3.63) is 30.7 Å². The molecule has 0 aliphatic rings. The molecule has 9 nitrogen and oxygen atoms in total. The molecule has 1 aromatic heterocycles. The van der Waals surface area contributed by atoms with Gasteiger partial charge in [-0.25, -0.2) is 13.4 Å². The first-order valence-corrected chi connectivity index (χ1v) is 8.28. The zero-order valence-corrected chi connectivity index (χ0v) is 14.3. The Labute approximate surface area is 139 Å². The molecule has 0 bridgehead atoms. The highest BCUT2D eigenvalue weighted by molar-refractivity contribution is 7.89. The van der Waals surface area contributed by atoms with Crippen LogP contribution >= 0.6 is 0 Å². The van der Waals surface area contributed by atoms with Gasteiger partial charge in [0.15, 0.2) is 5.03 Å². The molecule has 0 saturated carbocycles. The summed E-state index contributed by atoms with van der Waals surface area (Å²) in [5.74, 6) is 0.502. The van der Waals surface area contributed by atoms with E-state index in [9.17, 15) is 13.2 Å². The number of aromatic amines is 1. The highest BCUT2D eigenvalue weighted by Gasteiger charge is 2.24. The fourth-order valence-corrected chi connectivity index (χ4v) is 2.94. The van der Waals surface area contributed by atoms with Crippen molar-refractivity contribution in [1.82, 2.24) is 14.3 Å². The van der Waals surface area contributed by atoms with E-state index in [-0.39, 0.29) is 11.6 Å². The fourth-order valence-electron chi connectivity index (χ4n) is 1.92. The molecule has 24 heavy (non-hydrogen) atoms. The monoisotopic (exact) mass is 354 g/mol. The van der Waals surface area contributed by atoms with Gasteiger partial charge in [0.25, 0.3) is 10.0 Å². The highest BCUT2D eigenvalue weighted by Crippen LogP contribution is 2.25. The topological polar surface area (TPSA) is 114 Å². The molecule has 0 aliphatic carbocycles. The number of anilines is 1. The van der Waals surface area contributed by atoms with Crippen LogP contribution in [0.15, 0.2) is 35.7 Å². The lowest BCUT2D eigenvalue weighted by Crippen LogP contribution is -2.35. The molecule has 0 aliphatic heterocycles. The highest BCUT2D eigenvalue weighted by atomic mass is 32.2. The van der Waals surface area contributed by atoms with Gasteiger partial charge in [0.05, 0.1) is 33.3 Å². The van der Waals surface area contributed by atoms with Crippen LogP contribution in [0.1, 0.15) is 0 Å². The zero-order chi connectivity index (χ0) is 17.7. The molecule has 0 unspecified atom stereocenters. The number of carbonyl (C=O) groups is 1. The van der Waals surface area contributed by atoms with Gasteiger partial charge in [0.2, 0.25) is 5.91 Å². The van der Waals surface area contributed by atoms with Crippen molar-refractivity contribution < 1.29 is 22.7 Å². The first-order chi connectivity index (χ1) is 11.4. The van der Waals surface area contributed by atoms with Gasteiger partial charge in [-0.2, -0.15) is 4.31 Å². The van der Waals surface area contributed by atoms with Gasteiger partial charge in [-0.15, -0.1) is 0 Å². The molecule has 0 radical (unpaired) electrons. The summed E-state index contributed by atoms with van der Waals surface area (Å²) in [6, 6.07) is 4.86. The van der Waals surface area contributed by atoms with Crippen LogP contribution in [0.2, 0.25) is 0 Å². The van der Waals surface area contributed by atoms with Crippen molar-refractivity contribution in [2.75, 3.05) is 33.1 Å². The summed E-state index contributed by atoms with van der Waals surface area (Å²) in [4.78, 5) is 18.3. The van der Waals surface area contributed by atoms with E-state index in [1.54, 1.807) is 18.2 Å². The largest absolute Gasteiger partial charge is 0.497 e. The Morgan fingerprint density at radius 2 is 1.88 bits per heavy atom. The Balaban J connectivity index is 2.08. The Hall–Kier alpha value is -2.59. The molecule has 1 aromatic carbocycles. The Morgan fingerprint density at radius 3 is 2.38 bits per heavy atom. The standard InChI is InChI=1S/C14H18N4O5S/c1-18(24(20,21)14-7-15-9-16-14)8-13(19)17-10-4-11(22-2)6-12(5-10)23-3/h4-7,9H,8H2,1-3H3,(H,15,16)(H,17,19). The Kier molecular flexibility index (Phi) is 5.42. The van der Waals surface area contributed by atoms with Crippen molar-refractivity contribution in [3.63, 3.8) is 0 Å². The summed E-state index contributed by atoms with van der Waals surface area (Å²) in [6.07, 6.45) is 2.43. The number of carbonyl (C=O) groups excluding carboxylic acids is 1. The van der Waals surface area contributed by atoms with Gasteiger partial charge < -0.3 is 19.8 Å². The van der Waals surface area contributed by atoms with Gasteiger partial charge in [-0.05, 0) is 0 Å². The molecule has 1 amide bonds. The van der Waals surface area contributed by atoms with E-state index >= 15 is 0 Å². The number of aromatic nitrogens is 2. The second kappa shape index (κ2) is 7.32. The molecular formula is C14H18N4O5S. The SMILES string of the molecule is COc1cc(NC(=O)CN(C)S(=O)(=O)c2cnc[nH]2)cc(OC)c1. The fraction of sp³-hybridized carbons (Fsp3) is 0.286. The number of benzene rings is 1. The summed E-state index contributed by atoms with van der Waals surface area (Å²) in [5.41, 5.74) is 0.434. The van der Waals surface area contributed by atoms with Crippen LogP contribution in [-0.4, -0.2) is 56.4 Å². The van der Waals surface area contributed by atoms with E-state index in [2.05, 4.69) is 15.3 Å². The number of H-pyrrole nitrogens is 1. The number of methoxy groups -OCH3 is 2. The number of sulfonamides is 1. The molecule has 0 spiro atoms. The van der Waals surface area contributed by atoms with Gasteiger partial charge in [0, 0.05) is 30.9 Å². The number of imidazole rings is 1. The van der Waals surface area contributed by atoms with Gasteiger partial charge in [-0.3, -0.25) is 4.79 Å². The van der Waals surface area contributed by atoms with E-state index in [4.69, 9.17) is 9.47 Å². The predicted octanol–water partition coefficient (Wildman–Crippen LogP) is 0.686. The first kappa shape index (κ1) is 17.8. The summed E-state index contributed by atoms with van der Waals surface area (Å²) in [6.45, 7) is -0.360. The quantitative estimate of drug-likeness (QED) is 0.756. The zero-order valence-electron chi connectivity index (χ0n) is 13.4. The first-order valence-electron chi connectivity index (χ1n) is 6.84. The molecule has 130 valence electrons. The van der Waals surface area contributed by atoms with Crippen LogP contribution < -0.4 is 14.8 Å². The van der Waals surface area contributed by atoms with Crippen molar-refractivity contribution in [3.8, 4) is 11.5 Å². The van der Waals surface area contributed by atoms with E-state index < -0.39 is 15.9 Å². The molecule has 0 fully saturated rings. The number of rotatable bonds is 7. The van der Waals surface area contributed by atoms with Crippen LogP contribution in [0.25, 0.3) is 0 Å². The maximum absolute atomic E-state index is 12.2. The van der Waals surface area contributed by atoms with Gasteiger partial charge >= 0.3 is 0 Å². The molecule has 10 heteroatoms. The van der Waals surface area contributed by atoms with Crippen LogP contribution in [0.5, 0.6) is 11.5 Å². The van der Waals surface area contributed by atoms with Gasteiger partial charge in [0.1, 0.15) is 11.5 Å². The summed E-state index contributed by atoms with van der Waals surface area (Å²) >= 11 is 0. The molecule has 2 rings (SSSR count). The minimum absolute atomic E-state index is 0.0825. The number of likely N-dealkylation sites (N-methyl/N-ethyl adjacent to an activating group) is 1. The Morgan fingerprint density at radius 1 is 1.25 bits per heavy atom. The molecule has 1 heterocycles. The van der Waals surface area contributed by atoms with E-state index in [0.29, 0.717) is 17.2 Å². The number of ether oxygens (including phenoxy) is 2. The number of hydrogen-bond donors (Lipinski definition) is 2. The predicted molar refractivity (Wildman–Crippen MR) is 86.6 cm³/mol. The lowest BCUT2D eigenvalue weighted by atomic mass is 10.2. The maximum atomic E-state index is 12.2. The van der Waals surface area contributed by atoms with E-state index in [0.717, 1.165) is 4.31 Å². The average Bonchev–Trinajstić information content (AvgIpc) is 3.09. The van der Waals surface area contributed by atoms with Crippen molar-refractivity contribution in [2.24, 2.45) is 0 Å². The van der Waals surface area contributed by atoms with Gasteiger partial charge in [-0.1, -0.05) is 0 Å². The molecule has 0 saturated heterocycles. The third-order valence-corrected chi connectivity index (χ3v) is 4.89. The number of nitrogens with zero attached hydrogens (tertiary/aromatic N) is 2. The van der Waals surface area contributed by atoms with Crippen LogP contribution in [0.3, 0.4) is 0 Å². The third kappa shape index (κ3) is 4.03. The number of amides is 1. The summed E-state index contributed by atoms with van der Waals surface area (Å²) in [7, 11) is 0.486. The van der Waals surface area contributed by atoms with Crippen LogP contribution in [0, 0.1) is 0 Å². The van der Waals surface area contributed by atoms with Crippen LogP contribution in [-0.2, 0) is 14.8 Å². The van der Waals surface area contributed by atoms with Crippen molar-refractivity contribution >= 4 is 21.6 Å². The molecule has 0 atom stereocenters. The minimum Gasteiger partial charge on any atom is -0.497 e. The minimum atomic E-state index is -3.80. The molecule has 2 aromatic rings. The van der Waals surface area contributed by atoms with Crippen molar-refractivity contribution in [2.45, 2.75) is 5.03 Å². The van der Waals surface area contributed by atoms with E-state index in [1.165, 1.54) is 33.8 Å². The number of nitrogens with one attached hydrogen (secondary N) is 2. The smallest absolute Gasteiger partial charge is 0.260 e. The lowest BCUT2D eigenvalue weighted by molar-refractivity contribution is -0.116. The lowest BCUT2D eigenvalue weighted by Gasteiger charge is -2.16.